The zero-order chi connectivity index (χ0) is 12.9. The van der Waals surface area contributed by atoms with E-state index < -0.39 is 30.1 Å². The molecule has 0 aliphatic rings. The fraction of sp³-hybridized carbons (Fsp3) is 0.444. The van der Waals surface area contributed by atoms with Crippen molar-refractivity contribution in [2.24, 2.45) is 0 Å². The summed E-state index contributed by atoms with van der Waals surface area (Å²) in [4.78, 5) is 32.1. The minimum atomic E-state index is -2.30. The van der Waals surface area contributed by atoms with Crippen LogP contribution in [0.15, 0.2) is 11.6 Å². The molecule has 0 aromatic heterocycles. The summed E-state index contributed by atoms with van der Waals surface area (Å²) in [6, 6.07) is 0. The van der Waals surface area contributed by atoms with Crippen LogP contribution in [0.25, 0.3) is 0 Å². The molecule has 0 aliphatic carbocycles. The van der Waals surface area contributed by atoms with Crippen molar-refractivity contribution in [2.75, 3.05) is 0 Å². The molecule has 3 N–H and O–H groups in total. The van der Waals surface area contributed by atoms with E-state index in [0.717, 1.165) is 0 Å². The lowest BCUT2D eigenvalue weighted by atomic mass is 10.2. The van der Waals surface area contributed by atoms with E-state index in [2.05, 4.69) is 4.74 Å². The van der Waals surface area contributed by atoms with Gasteiger partial charge in [0.05, 0.1) is 0 Å². The molecule has 0 amide bonds. The van der Waals surface area contributed by atoms with Gasteiger partial charge in [0, 0.05) is 5.57 Å². The molecule has 0 aromatic rings. The molecule has 0 radical (unpaired) electrons. The van der Waals surface area contributed by atoms with Crippen LogP contribution >= 0.6 is 0 Å². The third kappa shape index (κ3) is 3.70. The van der Waals surface area contributed by atoms with Gasteiger partial charge in [-0.25, -0.2) is 14.4 Å². The molecule has 7 nitrogen and oxygen atoms in total. The van der Waals surface area contributed by atoms with E-state index >= 15 is 0 Å². The van der Waals surface area contributed by atoms with Crippen molar-refractivity contribution in [3.8, 4) is 0 Å². The maximum Gasteiger partial charge on any atom is 0.348 e. The molecule has 16 heavy (non-hydrogen) atoms. The number of ether oxygens (including phenoxy) is 1. The smallest absolute Gasteiger partial charge is 0.348 e. The molecular weight excluding hydrogens is 220 g/mol. The van der Waals surface area contributed by atoms with Crippen molar-refractivity contribution in [1.82, 2.24) is 0 Å². The normalized spacial score (nSPS) is 15.1. The van der Waals surface area contributed by atoms with Crippen LogP contribution in [0.3, 0.4) is 0 Å². The first-order chi connectivity index (χ1) is 7.31. The van der Waals surface area contributed by atoms with E-state index in [9.17, 15) is 14.4 Å². The van der Waals surface area contributed by atoms with Crippen LogP contribution < -0.4 is 0 Å². The number of allylic oxidation sites excluding steroid dienone is 1. The Morgan fingerprint density at radius 3 is 2.00 bits per heavy atom. The van der Waals surface area contributed by atoms with E-state index in [0.29, 0.717) is 0 Å². The molecule has 90 valence electrons. The highest BCUT2D eigenvalue weighted by molar-refractivity contribution is 5.91. The van der Waals surface area contributed by atoms with Crippen LogP contribution in [0.1, 0.15) is 13.8 Å². The largest absolute Gasteiger partial charge is 0.479 e. The van der Waals surface area contributed by atoms with Crippen molar-refractivity contribution in [3.05, 3.63) is 11.6 Å². The highest BCUT2D eigenvalue weighted by atomic mass is 16.6. The first kappa shape index (κ1) is 14.1. The van der Waals surface area contributed by atoms with Gasteiger partial charge in [-0.1, -0.05) is 6.08 Å². The van der Waals surface area contributed by atoms with E-state index in [1.54, 1.807) is 0 Å². The Bertz CT molecular complexity index is 331. The molecule has 0 rings (SSSR count). The quantitative estimate of drug-likeness (QED) is 0.427. The number of carbonyl (C=O) groups excluding carboxylic acids is 1. The monoisotopic (exact) mass is 232 g/mol. The van der Waals surface area contributed by atoms with Crippen molar-refractivity contribution in [3.63, 3.8) is 0 Å². The molecule has 0 bridgehead atoms. The Balaban J connectivity index is 4.78. The molecule has 0 aromatic carbocycles. The van der Waals surface area contributed by atoms with E-state index in [-0.39, 0.29) is 5.57 Å². The van der Waals surface area contributed by atoms with Gasteiger partial charge >= 0.3 is 17.9 Å². The van der Waals surface area contributed by atoms with Gasteiger partial charge in [0.15, 0.2) is 6.10 Å². The summed E-state index contributed by atoms with van der Waals surface area (Å²) in [5.41, 5.74) is 0.115. The number of aliphatic hydroxyl groups excluding tert-OH is 1. The van der Waals surface area contributed by atoms with Gasteiger partial charge in [0.25, 0.3) is 0 Å². The highest BCUT2D eigenvalue weighted by Gasteiger charge is 2.35. The Morgan fingerprint density at radius 2 is 1.69 bits per heavy atom. The summed E-state index contributed by atoms with van der Waals surface area (Å²) >= 11 is 0. The second-order valence-corrected chi connectivity index (χ2v) is 2.92. The minimum absolute atomic E-state index is 0.115. The number of esters is 1. The molecular formula is C9H12O7. The van der Waals surface area contributed by atoms with Gasteiger partial charge in [0.2, 0.25) is 6.10 Å². The molecule has 0 saturated carbocycles. The summed E-state index contributed by atoms with van der Waals surface area (Å²) in [7, 11) is 0. The number of aliphatic hydroxyl groups is 1. The third-order valence-corrected chi connectivity index (χ3v) is 1.77. The van der Waals surface area contributed by atoms with Crippen molar-refractivity contribution in [2.45, 2.75) is 26.1 Å². The third-order valence-electron chi connectivity index (χ3n) is 1.77. The molecule has 0 saturated heterocycles. The lowest BCUT2D eigenvalue weighted by Gasteiger charge is -2.16. The summed E-state index contributed by atoms with van der Waals surface area (Å²) < 4.78 is 4.35. The van der Waals surface area contributed by atoms with Crippen LogP contribution in [0, 0.1) is 0 Å². The number of carboxylic acids is 2. The van der Waals surface area contributed by atoms with Gasteiger partial charge < -0.3 is 20.1 Å². The first-order valence-corrected chi connectivity index (χ1v) is 4.28. The van der Waals surface area contributed by atoms with E-state index in [1.807, 2.05) is 0 Å². The predicted octanol–water partition coefficient (Wildman–Crippen LogP) is -0.605. The number of rotatable bonds is 5. The number of carboxylic acid groups (broad SMARTS) is 2. The van der Waals surface area contributed by atoms with Crippen molar-refractivity contribution < 1.29 is 34.4 Å². The van der Waals surface area contributed by atoms with Gasteiger partial charge in [-0.15, -0.1) is 0 Å². The average molecular weight is 232 g/mol. The summed E-state index contributed by atoms with van der Waals surface area (Å²) in [5.74, 6) is -4.50. The van der Waals surface area contributed by atoms with Crippen LogP contribution in [0.2, 0.25) is 0 Å². The topological polar surface area (TPSA) is 121 Å². The summed E-state index contributed by atoms with van der Waals surface area (Å²) in [5, 5.41) is 25.9. The lowest BCUT2D eigenvalue weighted by molar-refractivity contribution is -0.176. The Kier molecular flexibility index (Phi) is 5.17. The number of hydrogen-bond acceptors (Lipinski definition) is 5. The average Bonchev–Trinajstić information content (AvgIpc) is 2.22. The first-order valence-electron chi connectivity index (χ1n) is 4.28. The molecule has 0 heterocycles. The number of carbonyl (C=O) groups is 3. The van der Waals surface area contributed by atoms with Crippen molar-refractivity contribution >= 4 is 17.9 Å². The zero-order valence-electron chi connectivity index (χ0n) is 8.71. The van der Waals surface area contributed by atoms with Crippen LogP contribution in [-0.2, 0) is 19.1 Å². The lowest BCUT2D eigenvalue weighted by Crippen LogP contribution is -2.43. The molecule has 7 heteroatoms. The number of aliphatic carboxylic acids is 2. The summed E-state index contributed by atoms with van der Waals surface area (Å²) in [6.07, 6.45) is -3.06. The Hall–Kier alpha value is -1.89. The fourth-order valence-electron chi connectivity index (χ4n) is 0.706. The second kappa shape index (κ2) is 5.86. The van der Waals surface area contributed by atoms with E-state index in [4.69, 9.17) is 15.3 Å². The Morgan fingerprint density at radius 1 is 1.19 bits per heavy atom. The standard InChI is InChI=1S/C9H12O7/c1-3-4(2)9(15)16-6(8(13)14)5(10)7(11)12/h3,5-6,10H,1-2H3,(H,11,12)(H,13,14)/b4-3+. The predicted molar refractivity (Wildman–Crippen MR) is 50.6 cm³/mol. The van der Waals surface area contributed by atoms with Crippen LogP contribution in [0.4, 0.5) is 0 Å². The molecule has 0 spiro atoms. The number of hydrogen-bond donors (Lipinski definition) is 3. The van der Waals surface area contributed by atoms with Crippen LogP contribution in [-0.4, -0.2) is 45.4 Å². The molecule has 2 atom stereocenters. The zero-order valence-corrected chi connectivity index (χ0v) is 8.71. The molecule has 0 aliphatic heterocycles. The van der Waals surface area contributed by atoms with E-state index in [1.165, 1.54) is 19.9 Å². The van der Waals surface area contributed by atoms with Crippen molar-refractivity contribution in [1.29, 1.82) is 0 Å². The maximum atomic E-state index is 11.2. The fourth-order valence-corrected chi connectivity index (χ4v) is 0.706. The minimum Gasteiger partial charge on any atom is -0.479 e. The van der Waals surface area contributed by atoms with Gasteiger partial charge in [-0.05, 0) is 13.8 Å². The summed E-state index contributed by atoms with van der Waals surface area (Å²) in [6.45, 7) is 2.90. The molecule has 2 unspecified atom stereocenters. The van der Waals surface area contributed by atoms with Gasteiger partial charge in [0.1, 0.15) is 0 Å². The SMILES string of the molecule is C/C=C(\C)C(=O)OC(C(=O)O)C(O)C(=O)O. The Labute approximate surface area is 90.9 Å². The van der Waals surface area contributed by atoms with Gasteiger partial charge in [-0.2, -0.15) is 0 Å². The highest BCUT2D eigenvalue weighted by Crippen LogP contribution is 2.05. The molecule has 0 fully saturated rings. The van der Waals surface area contributed by atoms with Crippen LogP contribution in [0.5, 0.6) is 0 Å². The second-order valence-electron chi connectivity index (χ2n) is 2.92. The van der Waals surface area contributed by atoms with Gasteiger partial charge in [-0.3, -0.25) is 0 Å². The maximum absolute atomic E-state index is 11.2.